The number of phenolic OH excluding ortho intramolecular Hbond substituents is 1. The van der Waals surface area contributed by atoms with E-state index in [-0.39, 0.29) is 0 Å². The maximum absolute atomic E-state index is 10.1. The Morgan fingerprint density at radius 1 is 1.24 bits per heavy atom. The van der Waals surface area contributed by atoms with Gasteiger partial charge in [0.05, 0.1) is 7.11 Å². The molecule has 0 aliphatic heterocycles. The highest BCUT2D eigenvalue weighted by Gasteiger charge is 2.39. The van der Waals surface area contributed by atoms with Crippen molar-refractivity contribution in [1.29, 1.82) is 0 Å². The Morgan fingerprint density at radius 3 is 2.65 bits per heavy atom. The van der Waals surface area contributed by atoms with Crippen LogP contribution in [0.4, 0.5) is 0 Å². The minimum Gasteiger partial charge on any atom is -0.508 e. The van der Waals surface area contributed by atoms with Crippen molar-refractivity contribution in [3.05, 3.63) is 35.4 Å². The van der Waals surface area contributed by atoms with Crippen LogP contribution >= 0.6 is 0 Å². The van der Waals surface area contributed by atoms with Crippen molar-refractivity contribution in [2.24, 2.45) is 11.8 Å². The zero-order valence-electron chi connectivity index (χ0n) is 10.3. The maximum Gasteiger partial charge on any atom is 0.128 e. The SMILES string of the molecule is COc1c(C)ccc(O)c1C1CC2C=CC1C2. The van der Waals surface area contributed by atoms with Crippen LogP contribution in [0.1, 0.15) is 29.9 Å². The van der Waals surface area contributed by atoms with Crippen LogP contribution in [0.5, 0.6) is 11.5 Å². The van der Waals surface area contributed by atoms with Gasteiger partial charge in [0, 0.05) is 5.56 Å². The van der Waals surface area contributed by atoms with Crippen LogP contribution in [0.2, 0.25) is 0 Å². The molecular formula is C15H18O2. The van der Waals surface area contributed by atoms with Gasteiger partial charge in [-0.05, 0) is 49.1 Å². The number of allylic oxidation sites excluding steroid dienone is 2. The van der Waals surface area contributed by atoms with E-state index in [1.807, 2.05) is 13.0 Å². The lowest BCUT2D eigenvalue weighted by Gasteiger charge is -2.23. The van der Waals surface area contributed by atoms with E-state index < -0.39 is 0 Å². The summed E-state index contributed by atoms with van der Waals surface area (Å²) in [5.74, 6) is 2.98. The van der Waals surface area contributed by atoms with E-state index in [4.69, 9.17) is 4.74 Å². The third-order valence-corrected chi connectivity index (χ3v) is 4.22. The van der Waals surface area contributed by atoms with Gasteiger partial charge in [0.1, 0.15) is 11.5 Å². The number of hydrogen-bond donors (Lipinski definition) is 1. The first-order chi connectivity index (χ1) is 8.20. The van der Waals surface area contributed by atoms with Crippen molar-refractivity contribution in [1.82, 2.24) is 0 Å². The molecule has 2 bridgehead atoms. The zero-order valence-corrected chi connectivity index (χ0v) is 10.3. The molecule has 1 fully saturated rings. The summed E-state index contributed by atoms with van der Waals surface area (Å²) in [6.45, 7) is 2.03. The molecule has 3 unspecified atom stereocenters. The number of benzene rings is 1. The van der Waals surface area contributed by atoms with Gasteiger partial charge in [-0.1, -0.05) is 18.2 Å². The lowest BCUT2D eigenvalue weighted by atomic mass is 9.85. The second kappa shape index (κ2) is 3.80. The molecule has 0 saturated heterocycles. The lowest BCUT2D eigenvalue weighted by molar-refractivity contribution is 0.384. The van der Waals surface area contributed by atoms with Crippen LogP contribution in [0.3, 0.4) is 0 Å². The average molecular weight is 230 g/mol. The number of aromatic hydroxyl groups is 1. The van der Waals surface area contributed by atoms with Crippen LogP contribution in [0.15, 0.2) is 24.3 Å². The van der Waals surface area contributed by atoms with Gasteiger partial charge in [-0.2, -0.15) is 0 Å². The Kier molecular flexibility index (Phi) is 2.39. The molecule has 2 aliphatic carbocycles. The number of aryl methyl sites for hydroxylation is 1. The van der Waals surface area contributed by atoms with Crippen LogP contribution < -0.4 is 4.74 Å². The number of methoxy groups -OCH3 is 1. The van der Waals surface area contributed by atoms with Gasteiger partial charge < -0.3 is 9.84 Å². The quantitative estimate of drug-likeness (QED) is 0.789. The molecule has 1 aromatic rings. The maximum atomic E-state index is 10.1. The van der Waals surface area contributed by atoms with Crippen LogP contribution in [-0.2, 0) is 0 Å². The Hall–Kier alpha value is -1.44. The van der Waals surface area contributed by atoms with E-state index in [1.54, 1.807) is 13.2 Å². The summed E-state index contributed by atoms with van der Waals surface area (Å²) in [5.41, 5.74) is 2.12. The first-order valence-electron chi connectivity index (χ1n) is 6.25. The molecule has 1 saturated carbocycles. The lowest BCUT2D eigenvalue weighted by Crippen LogP contribution is -2.08. The van der Waals surface area contributed by atoms with Crippen molar-refractivity contribution in [3.63, 3.8) is 0 Å². The van der Waals surface area contributed by atoms with E-state index in [2.05, 4.69) is 12.2 Å². The molecule has 0 amide bonds. The highest BCUT2D eigenvalue weighted by molar-refractivity contribution is 5.52. The smallest absolute Gasteiger partial charge is 0.128 e. The summed E-state index contributed by atoms with van der Waals surface area (Å²) in [7, 11) is 1.69. The van der Waals surface area contributed by atoms with Gasteiger partial charge in [-0.15, -0.1) is 0 Å². The number of phenols is 1. The van der Waals surface area contributed by atoms with E-state index in [9.17, 15) is 5.11 Å². The highest BCUT2D eigenvalue weighted by Crippen LogP contribution is 2.53. The van der Waals surface area contributed by atoms with Gasteiger partial charge in [0.15, 0.2) is 0 Å². The van der Waals surface area contributed by atoms with Gasteiger partial charge in [-0.25, -0.2) is 0 Å². The first kappa shape index (κ1) is 10.7. The van der Waals surface area contributed by atoms with Crippen LogP contribution in [0.25, 0.3) is 0 Å². The number of ether oxygens (including phenoxy) is 1. The van der Waals surface area contributed by atoms with E-state index >= 15 is 0 Å². The molecule has 2 nitrogen and oxygen atoms in total. The van der Waals surface area contributed by atoms with Crippen molar-refractivity contribution in [2.45, 2.75) is 25.7 Å². The van der Waals surface area contributed by atoms with Crippen molar-refractivity contribution in [3.8, 4) is 11.5 Å². The second-order valence-corrected chi connectivity index (χ2v) is 5.24. The molecule has 2 heteroatoms. The molecule has 0 radical (unpaired) electrons. The normalized spacial score (nSPS) is 29.9. The van der Waals surface area contributed by atoms with Crippen molar-refractivity contribution >= 4 is 0 Å². The number of hydrogen-bond acceptors (Lipinski definition) is 2. The van der Waals surface area contributed by atoms with E-state index in [0.717, 1.165) is 23.3 Å². The van der Waals surface area contributed by atoms with Crippen LogP contribution in [-0.4, -0.2) is 12.2 Å². The molecular weight excluding hydrogens is 212 g/mol. The summed E-state index contributed by atoms with van der Waals surface area (Å²) in [4.78, 5) is 0. The predicted molar refractivity (Wildman–Crippen MR) is 67.5 cm³/mol. The molecule has 0 spiro atoms. The summed E-state index contributed by atoms with van der Waals surface area (Å²) in [6, 6.07) is 3.71. The zero-order chi connectivity index (χ0) is 12.0. The molecule has 2 aliphatic rings. The molecule has 1 aromatic carbocycles. The first-order valence-corrected chi connectivity index (χ1v) is 6.25. The molecule has 3 rings (SSSR count). The van der Waals surface area contributed by atoms with Gasteiger partial charge in [0.2, 0.25) is 0 Å². The highest BCUT2D eigenvalue weighted by atomic mass is 16.5. The Balaban J connectivity index is 2.08. The van der Waals surface area contributed by atoms with Gasteiger partial charge in [-0.3, -0.25) is 0 Å². The third-order valence-electron chi connectivity index (χ3n) is 4.22. The molecule has 1 N–H and O–H groups in total. The molecule has 17 heavy (non-hydrogen) atoms. The van der Waals surface area contributed by atoms with Crippen molar-refractivity contribution in [2.75, 3.05) is 7.11 Å². The van der Waals surface area contributed by atoms with Gasteiger partial charge >= 0.3 is 0 Å². The average Bonchev–Trinajstić information content (AvgIpc) is 2.93. The molecule has 90 valence electrons. The molecule has 0 heterocycles. The fourth-order valence-corrected chi connectivity index (χ4v) is 3.44. The standard InChI is InChI=1S/C15H18O2/c1-9-3-6-13(16)14(15(9)17-2)12-8-10-4-5-11(12)7-10/h3-6,10-12,16H,7-8H2,1-2H3. The Bertz CT molecular complexity index is 476. The second-order valence-electron chi connectivity index (χ2n) is 5.24. The summed E-state index contributed by atoms with van der Waals surface area (Å²) in [5, 5.41) is 10.1. The number of fused-ring (bicyclic) bond motifs is 2. The fourth-order valence-electron chi connectivity index (χ4n) is 3.44. The number of rotatable bonds is 2. The predicted octanol–water partition coefficient (Wildman–Crippen LogP) is 3.39. The topological polar surface area (TPSA) is 29.5 Å². The Morgan fingerprint density at radius 2 is 2.06 bits per heavy atom. The van der Waals surface area contributed by atoms with Crippen LogP contribution in [0, 0.1) is 18.8 Å². The summed E-state index contributed by atoms with van der Waals surface area (Å²) < 4.78 is 5.49. The molecule has 3 atom stereocenters. The van der Waals surface area contributed by atoms with Crippen molar-refractivity contribution < 1.29 is 9.84 Å². The molecule has 0 aromatic heterocycles. The van der Waals surface area contributed by atoms with E-state index in [0.29, 0.717) is 23.5 Å². The minimum absolute atomic E-state index is 0.387. The summed E-state index contributed by atoms with van der Waals surface area (Å²) >= 11 is 0. The Labute approximate surface area is 102 Å². The van der Waals surface area contributed by atoms with Gasteiger partial charge in [0.25, 0.3) is 0 Å². The monoisotopic (exact) mass is 230 g/mol. The largest absolute Gasteiger partial charge is 0.508 e. The minimum atomic E-state index is 0.387. The fraction of sp³-hybridized carbons (Fsp3) is 0.467. The third kappa shape index (κ3) is 1.54. The summed E-state index contributed by atoms with van der Waals surface area (Å²) in [6.07, 6.45) is 7.01. The van der Waals surface area contributed by atoms with E-state index in [1.165, 1.54) is 6.42 Å².